The van der Waals surface area contributed by atoms with E-state index in [1.807, 2.05) is 26.0 Å². The van der Waals surface area contributed by atoms with Gasteiger partial charge in [-0.3, -0.25) is 0 Å². The van der Waals surface area contributed by atoms with Gasteiger partial charge in [-0.15, -0.1) is 0 Å². The molecule has 0 bridgehead atoms. The number of halogens is 2. The topological polar surface area (TPSA) is 35.2 Å². The van der Waals surface area contributed by atoms with E-state index in [4.69, 9.17) is 33.7 Å². The van der Waals surface area contributed by atoms with Crippen LogP contribution in [0.25, 0.3) is 0 Å². The second-order valence-electron chi connectivity index (χ2n) is 3.26. The normalized spacial score (nSPS) is 12.6. The number of hydrogen-bond acceptors (Lipinski definition) is 2. The molecule has 0 spiro atoms. The van der Waals surface area contributed by atoms with Crippen LogP contribution in [0.5, 0.6) is 5.75 Å². The fraction of sp³-hybridized carbons (Fsp3) is 0.455. The molecule has 1 aromatic carbocycles. The molecule has 1 rings (SSSR count). The standard InChI is InChI=1S/C11H15Cl2NO/c1-3-10(14)7-5-8(12)11(15-4-2)9(13)6-7/h5-6,10H,3-4,14H2,1-2H3. The lowest BCUT2D eigenvalue weighted by molar-refractivity contribution is 0.340. The molecule has 2 N–H and O–H groups in total. The molecule has 1 atom stereocenters. The molecule has 1 unspecified atom stereocenters. The Morgan fingerprint density at radius 1 is 1.27 bits per heavy atom. The van der Waals surface area contributed by atoms with E-state index in [2.05, 4.69) is 0 Å². The maximum Gasteiger partial charge on any atom is 0.156 e. The summed E-state index contributed by atoms with van der Waals surface area (Å²) in [4.78, 5) is 0. The Labute approximate surface area is 100 Å². The van der Waals surface area contributed by atoms with Gasteiger partial charge in [0.1, 0.15) is 0 Å². The quantitative estimate of drug-likeness (QED) is 0.879. The van der Waals surface area contributed by atoms with Crippen molar-refractivity contribution in [3.8, 4) is 5.75 Å². The van der Waals surface area contributed by atoms with E-state index < -0.39 is 0 Å². The van der Waals surface area contributed by atoms with Crippen LogP contribution >= 0.6 is 23.2 Å². The minimum Gasteiger partial charge on any atom is -0.491 e. The molecular formula is C11H15Cl2NO. The van der Waals surface area contributed by atoms with Crippen molar-refractivity contribution < 1.29 is 4.74 Å². The first kappa shape index (κ1) is 12.6. The van der Waals surface area contributed by atoms with Gasteiger partial charge in [0.25, 0.3) is 0 Å². The van der Waals surface area contributed by atoms with E-state index in [0.29, 0.717) is 22.4 Å². The molecule has 15 heavy (non-hydrogen) atoms. The van der Waals surface area contributed by atoms with Gasteiger partial charge < -0.3 is 10.5 Å². The SMILES string of the molecule is CCOc1c(Cl)cc(C(N)CC)cc1Cl. The summed E-state index contributed by atoms with van der Waals surface area (Å²) < 4.78 is 5.33. The van der Waals surface area contributed by atoms with E-state index in [1.54, 1.807) is 0 Å². The molecule has 0 aromatic heterocycles. The lowest BCUT2D eigenvalue weighted by Gasteiger charge is -2.13. The molecule has 2 nitrogen and oxygen atoms in total. The zero-order valence-electron chi connectivity index (χ0n) is 8.89. The van der Waals surface area contributed by atoms with Gasteiger partial charge in [0, 0.05) is 6.04 Å². The highest BCUT2D eigenvalue weighted by molar-refractivity contribution is 6.37. The van der Waals surface area contributed by atoms with Crippen LogP contribution in [0.4, 0.5) is 0 Å². The van der Waals surface area contributed by atoms with Gasteiger partial charge in [0.2, 0.25) is 0 Å². The minimum atomic E-state index is -0.0318. The average molecular weight is 248 g/mol. The first-order valence-corrected chi connectivity index (χ1v) is 5.73. The Balaban J connectivity index is 3.07. The highest BCUT2D eigenvalue weighted by atomic mass is 35.5. The second-order valence-corrected chi connectivity index (χ2v) is 4.08. The van der Waals surface area contributed by atoms with Gasteiger partial charge in [0.05, 0.1) is 16.7 Å². The fourth-order valence-electron chi connectivity index (χ4n) is 1.31. The van der Waals surface area contributed by atoms with E-state index in [9.17, 15) is 0 Å². The third-order valence-corrected chi connectivity index (χ3v) is 2.74. The number of hydrogen-bond donors (Lipinski definition) is 1. The Morgan fingerprint density at radius 2 is 1.80 bits per heavy atom. The van der Waals surface area contributed by atoms with Gasteiger partial charge in [-0.05, 0) is 31.0 Å². The molecular weight excluding hydrogens is 233 g/mol. The lowest BCUT2D eigenvalue weighted by Crippen LogP contribution is -2.08. The molecule has 4 heteroatoms. The van der Waals surface area contributed by atoms with Crippen molar-refractivity contribution in [3.05, 3.63) is 27.7 Å². The summed E-state index contributed by atoms with van der Waals surface area (Å²) in [6.07, 6.45) is 0.848. The molecule has 0 amide bonds. The molecule has 0 fully saturated rings. The molecule has 0 aliphatic rings. The molecule has 0 radical (unpaired) electrons. The summed E-state index contributed by atoms with van der Waals surface area (Å²) in [6.45, 7) is 4.44. The van der Waals surface area contributed by atoms with Crippen molar-refractivity contribution in [2.24, 2.45) is 5.73 Å². The summed E-state index contributed by atoms with van der Waals surface area (Å²) >= 11 is 12.1. The third kappa shape index (κ3) is 3.00. The van der Waals surface area contributed by atoms with E-state index in [-0.39, 0.29) is 6.04 Å². The molecule has 1 aromatic rings. The Morgan fingerprint density at radius 3 is 2.20 bits per heavy atom. The number of nitrogens with two attached hydrogens (primary N) is 1. The van der Waals surface area contributed by atoms with Crippen molar-refractivity contribution in [2.45, 2.75) is 26.3 Å². The summed E-state index contributed by atoms with van der Waals surface area (Å²) in [7, 11) is 0. The zero-order valence-corrected chi connectivity index (χ0v) is 10.4. The van der Waals surface area contributed by atoms with Crippen molar-refractivity contribution in [2.75, 3.05) is 6.61 Å². The summed E-state index contributed by atoms with van der Waals surface area (Å²) in [5, 5.41) is 1.03. The van der Waals surface area contributed by atoms with Crippen LogP contribution in [0.3, 0.4) is 0 Å². The van der Waals surface area contributed by atoms with Gasteiger partial charge >= 0.3 is 0 Å². The van der Waals surface area contributed by atoms with Crippen molar-refractivity contribution in [3.63, 3.8) is 0 Å². The number of benzene rings is 1. The smallest absolute Gasteiger partial charge is 0.156 e. The number of ether oxygens (including phenoxy) is 1. The Bertz CT molecular complexity index is 318. The predicted molar refractivity (Wildman–Crippen MR) is 64.9 cm³/mol. The van der Waals surface area contributed by atoms with Crippen LogP contribution in [-0.2, 0) is 0 Å². The Hall–Kier alpha value is -0.440. The maximum atomic E-state index is 6.05. The van der Waals surface area contributed by atoms with Crippen LogP contribution in [0.15, 0.2) is 12.1 Å². The van der Waals surface area contributed by atoms with Crippen LogP contribution in [0.2, 0.25) is 10.0 Å². The lowest BCUT2D eigenvalue weighted by atomic mass is 10.1. The fourth-order valence-corrected chi connectivity index (χ4v) is 1.92. The highest BCUT2D eigenvalue weighted by Gasteiger charge is 2.12. The van der Waals surface area contributed by atoms with Crippen LogP contribution in [-0.4, -0.2) is 6.61 Å². The second kappa shape index (κ2) is 5.59. The van der Waals surface area contributed by atoms with E-state index in [1.165, 1.54) is 0 Å². The molecule has 0 aliphatic heterocycles. The average Bonchev–Trinajstić information content (AvgIpc) is 2.22. The maximum absolute atomic E-state index is 6.05. The largest absolute Gasteiger partial charge is 0.491 e. The van der Waals surface area contributed by atoms with Gasteiger partial charge in [-0.25, -0.2) is 0 Å². The third-order valence-electron chi connectivity index (χ3n) is 2.18. The van der Waals surface area contributed by atoms with Crippen LogP contribution in [0, 0.1) is 0 Å². The molecule has 0 saturated carbocycles. The minimum absolute atomic E-state index is 0.0318. The molecule has 0 saturated heterocycles. The summed E-state index contributed by atoms with van der Waals surface area (Å²) in [5.41, 5.74) is 6.84. The molecule has 0 aliphatic carbocycles. The van der Waals surface area contributed by atoms with E-state index in [0.717, 1.165) is 12.0 Å². The van der Waals surface area contributed by atoms with Gasteiger partial charge in [-0.1, -0.05) is 30.1 Å². The molecule has 0 heterocycles. The first-order valence-electron chi connectivity index (χ1n) is 4.97. The first-order chi connectivity index (χ1) is 7.10. The van der Waals surface area contributed by atoms with Gasteiger partial charge in [0.15, 0.2) is 5.75 Å². The van der Waals surface area contributed by atoms with Crippen molar-refractivity contribution in [1.82, 2.24) is 0 Å². The highest BCUT2D eigenvalue weighted by Crippen LogP contribution is 2.35. The number of rotatable bonds is 4. The summed E-state index contributed by atoms with van der Waals surface area (Å²) in [6, 6.07) is 3.59. The monoisotopic (exact) mass is 247 g/mol. The van der Waals surface area contributed by atoms with Crippen LogP contribution in [0.1, 0.15) is 31.9 Å². The Kier molecular flexibility index (Phi) is 4.71. The summed E-state index contributed by atoms with van der Waals surface area (Å²) in [5.74, 6) is 0.535. The van der Waals surface area contributed by atoms with Crippen molar-refractivity contribution in [1.29, 1.82) is 0 Å². The van der Waals surface area contributed by atoms with Gasteiger partial charge in [-0.2, -0.15) is 0 Å². The van der Waals surface area contributed by atoms with Crippen LogP contribution < -0.4 is 10.5 Å². The van der Waals surface area contributed by atoms with E-state index >= 15 is 0 Å². The predicted octanol–water partition coefficient (Wildman–Crippen LogP) is 3.80. The van der Waals surface area contributed by atoms with Crippen molar-refractivity contribution >= 4 is 23.2 Å². The molecule has 84 valence electrons. The zero-order chi connectivity index (χ0) is 11.4.